The van der Waals surface area contributed by atoms with Crippen LogP contribution in [0.3, 0.4) is 0 Å². The molecule has 5 aliphatic rings. The fourth-order valence-electron chi connectivity index (χ4n) is 11.8. The maximum atomic E-state index is 14.4. The van der Waals surface area contributed by atoms with Gasteiger partial charge in [-0.25, -0.2) is 14.6 Å². The summed E-state index contributed by atoms with van der Waals surface area (Å²) in [5.74, 6) is 0.638. The number of aromatic amines is 1. The number of alkyl carbamates (subject to hydrolysis) is 2. The first kappa shape index (κ1) is 45.1. The van der Waals surface area contributed by atoms with Gasteiger partial charge in [0, 0.05) is 30.4 Å². The van der Waals surface area contributed by atoms with Gasteiger partial charge in [0.05, 0.1) is 37.2 Å². The van der Waals surface area contributed by atoms with Gasteiger partial charge in [-0.2, -0.15) is 0 Å². The minimum atomic E-state index is -0.782. The van der Waals surface area contributed by atoms with E-state index >= 15 is 0 Å². The fraction of sp³-hybridized carbons (Fsp3) is 0.519. The van der Waals surface area contributed by atoms with Crippen LogP contribution in [-0.4, -0.2) is 93.9 Å². The Labute approximate surface area is 386 Å². The molecule has 2 saturated carbocycles. The number of likely N-dealkylation sites (tertiary alicyclic amines) is 2. The number of H-pyrrole nitrogens is 1. The molecular weight excluding hydrogens is 835 g/mol. The summed E-state index contributed by atoms with van der Waals surface area (Å²) in [7, 11) is 2.61. The van der Waals surface area contributed by atoms with Crippen LogP contribution in [0.4, 0.5) is 9.59 Å². The Morgan fingerprint density at radius 1 is 0.682 bits per heavy atom. The van der Waals surface area contributed by atoms with Gasteiger partial charge in [0.2, 0.25) is 11.8 Å². The Kier molecular flexibility index (Phi) is 12.8. The molecule has 0 spiro atoms. The second-order valence-electron chi connectivity index (χ2n) is 19.8. The van der Waals surface area contributed by atoms with Crippen molar-refractivity contribution in [3.05, 3.63) is 82.5 Å². The molecule has 4 amide bonds. The predicted octanol–water partition coefficient (Wildman–Crippen LogP) is 8.68. The molecule has 0 bridgehead atoms. The third kappa shape index (κ3) is 8.59. The highest BCUT2D eigenvalue weighted by atomic mass is 16.5. The van der Waals surface area contributed by atoms with Gasteiger partial charge in [0.25, 0.3) is 5.56 Å². The van der Waals surface area contributed by atoms with Gasteiger partial charge in [-0.3, -0.25) is 19.4 Å². The van der Waals surface area contributed by atoms with Gasteiger partial charge in [-0.05, 0) is 119 Å². The predicted molar refractivity (Wildman–Crippen MR) is 255 cm³/mol. The van der Waals surface area contributed by atoms with Crippen LogP contribution in [0.5, 0.6) is 0 Å². The van der Waals surface area contributed by atoms with Crippen molar-refractivity contribution >= 4 is 57.0 Å². The number of nitrogens with zero attached hydrogens (tertiary/aromatic N) is 4. The number of methoxy groups -OCH3 is 2. The SMILES string of the molecule is COC(=O)N[C@H](C(=O)N1[C@H](C2=NC=C(c3ccc4cc(-c5ccc6c(=O)[nH]c([C@@H]7C[C@@H]8CCCC[C@@H]8N7C(=O)[C@@H](NC(=O)OC)C(C)C)nc6c5)ccc4c3)C2)C[C@@H]2CCCC[C@@H]21)C(C)C. The number of aliphatic imine (C=N–C) groups is 1. The zero-order chi connectivity index (χ0) is 46.4. The summed E-state index contributed by atoms with van der Waals surface area (Å²) in [5.41, 5.74) is 5.39. The van der Waals surface area contributed by atoms with Crippen LogP contribution >= 0.6 is 0 Å². The minimum Gasteiger partial charge on any atom is -0.453 e. The molecule has 8 atom stereocenters. The number of ether oxygens (including phenoxy) is 2. The van der Waals surface area contributed by atoms with Crippen LogP contribution in [0.2, 0.25) is 0 Å². The Bertz CT molecular complexity index is 2670. The summed E-state index contributed by atoms with van der Waals surface area (Å²) in [4.78, 5) is 84.1. The van der Waals surface area contributed by atoms with E-state index < -0.39 is 30.3 Å². The fourth-order valence-corrected chi connectivity index (χ4v) is 11.8. The zero-order valence-electron chi connectivity index (χ0n) is 39.0. The summed E-state index contributed by atoms with van der Waals surface area (Å²) < 4.78 is 9.77. The van der Waals surface area contributed by atoms with Crippen molar-refractivity contribution in [3.63, 3.8) is 0 Å². The number of amides is 4. The summed E-state index contributed by atoms with van der Waals surface area (Å²) in [5, 5.41) is 8.20. The van der Waals surface area contributed by atoms with Gasteiger partial charge in [0.15, 0.2) is 0 Å². The summed E-state index contributed by atoms with van der Waals surface area (Å²) in [6, 6.07) is 16.7. The number of rotatable bonds is 10. The smallest absolute Gasteiger partial charge is 0.407 e. The molecule has 0 radical (unpaired) electrons. The lowest BCUT2D eigenvalue weighted by Gasteiger charge is -2.37. The molecule has 3 N–H and O–H groups in total. The van der Waals surface area contributed by atoms with Crippen LogP contribution in [0.25, 0.3) is 38.4 Å². The highest BCUT2D eigenvalue weighted by molar-refractivity contribution is 6.05. The van der Waals surface area contributed by atoms with Crippen molar-refractivity contribution in [1.29, 1.82) is 0 Å². The van der Waals surface area contributed by atoms with E-state index in [1.165, 1.54) is 20.6 Å². The largest absolute Gasteiger partial charge is 0.453 e. The van der Waals surface area contributed by atoms with Crippen LogP contribution in [0.1, 0.15) is 116 Å². The lowest BCUT2D eigenvalue weighted by molar-refractivity contribution is -0.138. The first-order valence-corrected chi connectivity index (χ1v) is 24.0. The van der Waals surface area contributed by atoms with E-state index in [0.29, 0.717) is 35.5 Å². The molecule has 348 valence electrons. The van der Waals surface area contributed by atoms with E-state index in [1.54, 1.807) is 0 Å². The normalized spacial score (nSPS) is 24.7. The molecule has 3 aliphatic heterocycles. The second kappa shape index (κ2) is 18.7. The number of allylic oxidation sites excluding steroid dienone is 1. The van der Waals surface area contributed by atoms with Crippen molar-refractivity contribution < 1.29 is 28.7 Å². The molecule has 66 heavy (non-hydrogen) atoms. The standard InChI is InChI=1S/C52H63N7O7/c1-28(2)45(55-51(63)65-5)49(61)58-41-13-9-7-11-35(41)25-43(58)40-24-37(27-53-40)33-18-17-30-21-32(16-15-31(30)22-33)34-19-20-38-39(23-34)54-47(57-48(38)60)44-26-36-12-8-10-14-42(36)59(44)50(62)46(29(3)4)56-52(64)66-6/h15-23,27-29,35-36,41-46H,7-14,24-26H2,1-6H3,(H,55,63)(H,56,64)(H,54,57,60)/t35-,36-,41-,42-,43-,44-,45-,46-/m0/s1. The maximum Gasteiger partial charge on any atom is 0.407 e. The van der Waals surface area contributed by atoms with Crippen molar-refractivity contribution in [3.8, 4) is 11.1 Å². The summed E-state index contributed by atoms with van der Waals surface area (Å²) >= 11 is 0. The number of aromatic nitrogens is 2. The number of hydrogen-bond acceptors (Lipinski definition) is 9. The van der Waals surface area contributed by atoms with Crippen LogP contribution in [-0.2, 0) is 19.1 Å². The number of nitrogens with one attached hydrogen (secondary N) is 3. The molecule has 2 aliphatic carbocycles. The van der Waals surface area contributed by atoms with Gasteiger partial charge < -0.3 is 34.9 Å². The van der Waals surface area contributed by atoms with Crippen LogP contribution in [0, 0.1) is 23.7 Å². The average molecular weight is 898 g/mol. The van der Waals surface area contributed by atoms with E-state index in [4.69, 9.17) is 19.5 Å². The number of benzene rings is 3. The van der Waals surface area contributed by atoms with Crippen molar-refractivity contribution in [1.82, 2.24) is 30.4 Å². The van der Waals surface area contributed by atoms with E-state index in [2.05, 4.69) is 56.9 Å². The third-order valence-corrected chi connectivity index (χ3v) is 15.2. The molecular formula is C52H63N7O7. The van der Waals surface area contributed by atoms with E-state index in [9.17, 15) is 24.0 Å². The van der Waals surface area contributed by atoms with E-state index in [0.717, 1.165) is 90.1 Å². The molecule has 2 saturated heterocycles. The first-order valence-electron chi connectivity index (χ1n) is 24.0. The van der Waals surface area contributed by atoms with Gasteiger partial charge in [-0.15, -0.1) is 0 Å². The Hall–Kier alpha value is -6.05. The number of carbonyl (C=O) groups is 4. The summed E-state index contributed by atoms with van der Waals surface area (Å²) in [6.45, 7) is 7.71. The van der Waals surface area contributed by atoms with Gasteiger partial charge in [0.1, 0.15) is 17.9 Å². The molecule has 14 heteroatoms. The second-order valence-corrected chi connectivity index (χ2v) is 19.8. The zero-order valence-corrected chi connectivity index (χ0v) is 39.0. The molecule has 4 aromatic rings. The lowest BCUT2D eigenvalue weighted by atomic mass is 9.84. The average Bonchev–Trinajstić information content (AvgIpc) is 4.07. The quantitative estimate of drug-likeness (QED) is 0.142. The molecule has 4 fully saturated rings. The molecule has 4 heterocycles. The van der Waals surface area contributed by atoms with Crippen molar-refractivity contribution in [2.75, 3.05) is 14.2 Å². The monoisotopic (exact) mass is 897 g/mol. The minimum absolute atomic E-state index is 0.000417. The highest BCUT2D eigenvalue weighted by Crippen LogP contribution is 2.47. The first-order chi connectivity index (χ1) is 31.8. The van der Waals surface area contributed by atoms with Gasteiger partial charge in [-0.1, -0.05) is 83.7 Å². The van der Waals surface area contributed by atoms with Gasteiger partial charge >= 0.3 is 12.2 Å². The Balaban J connectivity index is 0.948. The molecule has 1 aromatic heterocycles. The van der Waals surface area contributed by atoms with E-state index in [-0.39, 0.29) is 53.3 Å². The Morgan fingerprint density at radius 2 is 1.20 bits per heavy atom. The van der Waals surface area contributed by atoms with E-state index in [1.807, 2.05) is 57.0 Å². The Morgan fingerprint density at radius 3 is 1.79 bits per heavy atom. The van der Waals surface area contributed by atoms with Crippen LogP contribution < -0.4 is 16.2 Å². The van der Waals surface area contributed by atoms with Crippen molar-refractivity contribution in [2.45, 2.75) is 135 Å². The highest BCUT2D eigenvalue weighted by Gasteiger charge is 2.50. The number of hydrogen-bond donors (Lipinski definition) is 3. The third-order valence-electron chi connectivity index (χ3n) is 15.2. The molecule has 9 rings (SSSR count). The lowest BCUT2D eigenvalue weighted by Crippen LogP contribution is -2.56. The number of carbonyl (C=O) groups excluding carboxylic acids is 4. The summed E-state index contributed by atoms with van der Waals surface area (Å²) in [6.07, 6.45) is 11.2. The van der Waals surface area contributed by atoms with Crippen molar-refractivity contribution in [2.24, 2.45) is 28.7 Å². The number of fused-ring (bicyclic) bond motifs is 4. The molecule has 3 aromatic carbocycles. The maximum absolute atomic E-state index is 14.4. The van der Waals surface area contributed by atoms with Crippen LogP contribution in [0.15, 0.2) is 70.6 Å². The molecule has 0 unspecified atom stereocenters. The topological polar surface area (TPSA) is 175 Å². The molecule has 14 nitrogen and oxygen atoms in total.